The van der Waals surface area contributed by atoms with Gasteiger partial charge < -0.3 is 25.0 Å². The first kappa shape index (κ1) is 22.1. The number of hydrogen-bond acceptors (Lipinski definition) is 5. The second kappa shape index (κ2) is 9.60. The van der Waals surface area contributed by atoms with E-state index in [2.05, 4.69) is 10.2 Å². The highest BCUT2D eigenvalue weighted by atomic mass is 19.1. The van der Waals surface area contributed by atoms with Crippen molar-refractivity contribution in [3.8, 4) is 5.75 Å². The molecule has 1 amide bonds. The van der Waals surface area contributed by atoms with Crippen LogP contribution < -0.4 is 19.9 Å². The molecule has 1 aliphatic heterocycles. The lowest BCUT2D eigenvalue weighted by molar-refractivity contribution is 0.0697. The SMILES string of the molecule is COc1cccc(N2CCN(c3ccc(NC(=O)c4ccccc4F)cc3C(=O)O)CC2)c1. The van der Waals surface area contributed by atoms with Gasteiger partial charge in [0.05, 0.1) is 23.9 Å². The Morgan fingerprint density at radius 3 is 2.33 bits per heavy atom. The van der Waals surface area contributed by atoms with Crippen LogP contribution in [0.25, 0.3) is 0 Å². The maximum atomic E-state index is 13.9. The van der Waals surface area contributed by atoms with Gasteiger partial charge in [0.25, 0.3) is 5.91 Å². The molecule has 0 bridgehead atoms. The Balaban J connectivity index is 1.49. The van der Waals surface area contributed by atoms with Gasteiger partial charge in [0.1, 0.15) is 11.6 Å². The molecule has 3 aromatic carbocycles. The average Bonchev–Trinajstić information content (AvgIpc) is 2.84. The molecule has 4 rings (SSSR count). The number of aromatic carboxylic acids is 1. The summed E-state index contributed by atoms with van der Waals surface area (Å²) >= 11 is 0. The number of nitrogens with zero attached hydrogens (tertiary/aromatic N) is 2. The van der Waals surface area contributed by atoms with Gasteiger partial charge in [0.15, 0.2) is 0 Å². The number of nitrogens with one attached hydrogen (secondary N) is 1. The highest BCUT2D eigenvalue weighted by Crippen LogP contribution is 2.28. The topological polar surface area (TPSA) is 82.1 Å². The number of amides is 1. The summed E-state index contributed by atoms with van der Waals surface area (Å²) in [5, 5.41) is 12.4. The van der Waals surface area contributed by atoms with Crippen LogP contribution in [0, 0.1) is 5.82 Å². The predicted molar refractivity (Wildman–Crippen MR) is 125 cm³/mol. The molecule has 3 aromatic rings. The van der Waals surface area contributed by atoms with Crippen LogP contribution >= 0.6 is 0 Å². The molecule has 1 aliphatic rings. The van der Waals surface area contributed by atoms with Crippen LogP contribution in [0.3, 0.4) is 0 Å². The van der Waals surface area contributed by atoms with Crippen molar-refractivity contribution in [3.63, 3.8) is 0 Å². The minimum atomic E-state index is -1.10. The van der Waals surface area contributed by atoms with E-state index in [1.165, 1.54) is 24.3 Å². The number of piperazine rings is 1. The summed E-state index contributed by atoms with van der Waals surface area (Å²) < 4.78 is 19.2. The molecule has 0 radical (unpaired) electrons. The van der Waals surface area contributed by atoms with Crippen LogP contribution in [-0.4, -0.2) is 50.3 Å². The first-order chi connectivity index (χ1) is 16.0. The summed E-state index contributed by atoms with van der Waals surface area (Å²) in [7, 11) is 1.63. The molecule has 0 unspecified atom stereocenters. The number of benzene rings is 3. The largest absolute Gasteiger partial charge is 0.497 e. The summed E-state index contributed by atoms with van der Waals surface area (Å²) in [5.74, 6) is -1.58. The number of carbonyl (C=O) groups is 2. The molecule has 0 aromatic heterocycles. The fraction of sp³-hybridized carbons (Fsp3) is 0.200. The third kappa shape index (κ3) is 4.90. The number of hydrogen-bond donors (Lipinski definition) is 2. The predicted octanol–water partition coefficient (Wildman–Crippen LogP) is 4.11. The van der Waals surface area contributed by atoms with Crippen LogP contribution in [0.2, 0.25) is 0 Å². The Hall–Kier alpha value is -4.07. The molecule has 1 fully saturated rings. The minimum absolute atomic E-state index is 0.0798. The van der Waals surface area contributed by atoms with Crippen molar-refractivity contribution in [2.24, 2.45) is 0 Å². The van der Waals surface area contributed by atoms with E-state index in [0.717, 1.165) is 24.5 Å². The quantitative estimate of drug-likeness (QED) is 0.590. The fourth-order valence-corrected chi connectivity index (χ4v) is 3.92. The zero-order valence-electron chi connectivity index (χ0n) is 18.1. The molecular weight excluding hydrogens is 425 g/mol. The van der Waals surface area contributed by atoms with Crippen LogP contribution in [-0.2, 0) is 0 Å². The molecule has 1 saturated heterocycles. The van der Waals surface area contributed by atoms with Crippen LogP contribution in [0.1, 0.15) is 20.7 Å². The van der Waals surface area contributed by atoms with Gasteiger partial charge in [-0.15, -0.1) is 0 Å². The lowest BCUT2D eigenvalue weighted by Crippen LogP contribution is -2.47. The smallest absolute Gasteiger partial charge is 0.337 e. The molecule has 8 heteroatoms. The number of carboxylic acids is 1. The van der Waals surface area contributed by atoms with Crippen LogP contribution in [0.5, 0.6) is 5.75 Å². The first-order valence-electron chi connectivity index (χ1n) is 10.5. The molecule has 0 spiro atoms. The lowest BCUT2D eigenvalue weighted by Gasteiger charge is -2.38. The second-order valence-electron chi connectivity index (χ2n) is 7.65. The second-order valence-corrected chi connectivity index (χ2v) is 7.65. The van der Waals surface area contributed by atoms with Crippen LogP contribution in [0.4, 0.5) is 21.5 Å². The number of ether oxygens (including phenoxy) is 1. The number of carboxylic acid groups (broad SMARTS) is 1. The number of rotatable bonds is 6. The Labute approximate surface area is 191 Å². The molecule has 7 nitrogen and oxygen atoms in total. The molecule has 2 N–H and O–H groups in total. The van der Waals surface area contributed by atoms with Gasteiger partial charge in [-0.05, 0) is 42.5 Å². The molecule has 1 heterocycles. The zero-order chi connectivity index (χ0) is 23.4. The van der Waals surface area contributed by atoms with E-state index >= 15 is 0 Å². The maximum absolute atomic E-state index is 13.9. The summed E-state index contributed by atoms with van der Waals surface area (Å²) in [5.41, 5.74) is 1.90. The number of anilines is 3. The van der Waals surface area contributed by atoms with E-state index < -0.39 is 17.7 Å². The van der Waals surface area contributed by atoms with Crippen molar-refractivity contribution < 1.29 is 23.8 Å². The summed E-state index contributed by atoms with van der Waals surface area (Å²) in [4.78, 5) is 28.6. The van der Waals surface area contributed by atoms with E-state index in [9.17, 15) is 19.1 Å². The summed E-state index contributed by atoms with van der Waals surface area (Å²) in [6.07, 6.45) is 0. The zero-order valence-corrected chi connectivity index (χ0v) is 18.1. The van der Waals surface area contributed by atoms with Crippen molar-refractivity contribution >= 4 is 28.9 Å². The van der Waals surface area contributed by atoms with E-state index in [0.29, 0.717) is 24.5 Å². The number of halogens is 1. The van der Waals surface area contributed by atoms with E-state index in [-0.39, 0.29) is 11.1 Å². The molecule has 0 saturated carbocycles. The van der Waals surface area contributed by atoms with Gasteiger partial charge in [0.2, 0.25) is 0 Å². The van der Waals surface area contributed by atoms with Crippen molar-refractivity contribution in [2.75, 3.05) is 48.4 Å². The van der Waals surface area contributed by atoms with Crippen LogP contribution in [0.15, 0.2) is 66.7 Å². The van der Waals surface area contributed by atoms with E-state index in [1.54, 1.807) is 25.3 Å². The van der Waals surface area contributed by atoms with Gasteiger partial charge in [-0.1, -0.05) is 18.2 Å². The summed E-state index contributed by atoms with van der Waals surface area (Å²) in [6.45, 7) is 2.72. The van der Waals surface area contributed by atoms with Crippen molar-refractivity contribution in [3.05, 3.63) is 83.7 Å². The summed E-state index contributed by atoms with van der Waals surface area (Å²) in [6, 6.07) is 18.2. The minimum Gasteiger partial charge on any atom is -0.497 e. The van der Waals surface area contributed by atoms with Gasteiger partial charge in [-0.2, -0.15) is 0 Å². The number of methoxy groups -OCH3 is 1. The number of carbonyl (C=O) groups excluding carboxylic acids is 1. The molecule has 0 aliphatic carbocycles. The highest BCUT2D eigenvalue weighted by molar-refractivity contribution is 6.05. The Bertz CT molecular complexity index is 1180. The normalized spacial score (nSPS) is 13.5. The van der Waals surface area contributed by atoms with E-state index in [4.69, 9.17) is 4.74 Å². The Morgan fingerprint density at radius 1 is 0.909 bits per heavy atom. The maximum Gasteiger partial charge on any atom is 0.337 e. The molecule has 33 heavy (non-hydrogen) atoms. The third-order valence-electron chi connectivity index (χ3n) is 5.64. The van der Waals surface area contributed by atoms with Gasteiger partial charge in [-0.25, -0.2) is 9.18 Å². The average molecular weight is 449 g/mol. The van der Waals surface area contributed by atoms with E-state index in [1.807, 2.05) is 29.2 Å². The Morgan fingerprint density at radius 2 is 1.64 bits per heavy atom. The molecule has 0 atom stereocenters. The Kier molecular flexibility index (Phi) is 6.44. The van der Waals surface area contributed by atoms with Gasteiger partial charge >= 0.3 is 5.97 Å². The standard InChI is InChI=1S/C25H24FN3O4/c1-33-19-6-4-5-18(16-19)28-11-13-29(14-12-28)23-10-9-17(15-21(23)25(31)32)27-24(30)20-7-2-3-8-22(20)26/h2-10,15-16H,11-14H2,1H3,(H,27,30)(H,31,32). The molecule has 170 valence electrons. The van der Waals surface area contributed by atoms with Gasteiger partial charge in [0, 0.05) is 43.6 Å². The highest BCUT2D eigenvalue weighted by Gasteiger charge is 2.23. The van der Waals surface area contributed by atoms with Crippen molar-refractivity contribution in [2.45, 2.75) is 0 Å². The molecular formula is C25H24FN3O4. The third-order valence-corrected chi connectivity index (χ3v) is 5.64. The lowest BCUT2D eigenvalue weighted by atomic mass is 10.1. The monoisotopic (exact) mass is 449 g/mol. The van der Waals surface area contributed by atoms with Gasteiger partial charge in [-0.3, -0.25) is 4.79 Å². The first-order valence-corrected chi connectivity index (χ1v) is 10.5. The van der Waals surface area contributed by atoms with Crippen molar-refractivity contribution in [1.82, 2.24) is 0 Å². The van der Waals surface area contributed by atoms with Crippen molar-refractivity contribution in [1.29, 1.82) is 0 Å². The fourth-order valence-electron chi connectivity index (χ4n) is 3.92.